The van der Waals surface area contributed by atoms with Crippen molar-refractivity contribution in [1.29, 1.82) is 0 Å². The predicted molar refractivity (Wildman–Crippen MR) is 98.1 cm³/mol. The van der Waals surface area contributed by atoms with Crippen LogP contribution >= 0.6 is 0 Å². The molecular formula is C20H34O5. The summed E-state index contributed by atoms with van der Waals surface area (Å²) in [5.41, 5.74) is 0. The normalized spacial score (nSPS) is 28.2. The first kappa shape index (κ1) is 21.9. The van der Waals surface area contributed by atoms with E-state index in [1.54, 1.807) is 6.08 Å². The summed E-state index contributed by atoms with van der Waals surface area (Å²) in [5.74, 6) is -1.00. The van der Waals surface area contributed by atoms with Gasteiger partial charge in [-0.25, -0.2) is 0 Å². The van der Waals surface area contributed by atoms with E-state index in [0.717, 1.165) is 25.7 Å². The third-order valence-electron chi connectivity index (χ3n) is 4.91. The van der Waals surface area contributed by atoms with Gasteiger partial charge in [0.1, 0.15) is 0 Å². The average Bonchev–Trinajstić information content (AvgIpc) is 2.82. The molecular weight excluding hydrogens is 320 g/mol. The fourth-order valence-corrected chi connectivity index (χ4v) is 3.41. The first-order valence-electron chi connectivity index (χ1n) is 9.55. The lowest BCUT2D eigenvalue weighted by Gasteiger charge is -2.19. The van der Waals surface area contributed by atoms with Gasteiger partial charge < -0.3 is 20.4 Å². The van der Waals surface area contributed by atoms with Gasteiger partial charge >= 0.3 is 5.97 Å². The number of carboxylic acid groups (broad SMARTS) is 1. The number of aliphatic hydroxyl groups excluding tert-OH is 3. The Morgan fingerprint density at radius 2 is 1.92 bits per heavy atom. The predicted octanol–water partition coefficient (Wildman–Crippen LogP) is 3.04. The summed E-state index contributed by atoms with van der Waals surface area (Å²) in [4.78, 5) is 10.5. The van der Waals surface area contributed by atoms with Crippen molar-refractivity contribution in [3.8, 4) is 0 Å². The van der Waals surface area contributed by atoms with E-state index in [1.807, 2.05) is 18.2 Å². The Morgan fingerprint density at radius 1 is 1.16 bits per heavy atom. The van der Waals surface area contributed by atoms with Crippen LogP contribution < -0.4 is 0 Å². The molecule has 5 atom stereocenters. The third-order valence-corrected chi connectivity index (χ3v) is 4.91. The van der Waals surface area contributed by atoms with Crippen molar-refractivity contribution in [3.63, 3.8) is 0 Å². The standard InChI is InChI=1S/C20H34O5/c1-2-3-6-9-15(21)12-13-17-16(18(22)14-19(17)23)10-7-4-5-8-11-20(24)25/h4,7,12-13,15-19,21-23H,2-3,5-6,8-11,14H2,1H3,(H,24,25)/b7-4-,13-12?. The van der Waals surface area contributed by atoms with Crippen molar-refractivity contribution in [2.24, 2.45) is 11.8 Å². The van der Waals surface area contributed by atoms with Gasteiger partial charge in [-0.3, -0.25) is 4.79 Å². The second kappa shape index (κ2) is 12.2. The van der Waals surface area contributed by atoms with Gasteiger partial charge in [0.05, 0.1) is 18.3 Å². The Hall–Kier alpha value is -1.17. The summed E-state index contributed by atoms with van der Waals surface area (Å²) >= 11 is 0. The van der Waals surface area contributed by atoms with Crippen molar-refractivity contribution in [1.82, 2.24) is 0 Å². The first-order chi connectivity index (χ1) is 12.0. The SMILES string of the molecule is CCCCCC(O)C=CC1C(O)CC(O)C1C/C=C\CCCC(=O)O. The number of rotatable bonds is 12. The molecule has 0 aliphatic heterocycles. The number of allylic oxidation sites excluding steroid dienone is 2. The molecule has 5 heteroatoms. The topological polar surface area (TPSA) is 98.0 Å². The number of carbonyl (C=O) groups is 1. The van der Waals surface area contributed by atoms with Gasteiger partial charge in [-0.15, -0.1) is 0 Å². The average molecular weight is 354 g/mol. The molecule has 5 nitrogen and oxygen atoms in total. The highest BCUT2D eigenvalue weighted by molar-refractivity contribution is 5.66. The molecule has 0 bridgehead atoms. The minimum absolute atomic E-state index is 0.0650. The van der Waals surface area contributed by atoms with Gasteiger partial charge in [-0.05, 0) is 31.6 Å². The molecule has 1 rings (SSSR count). The van der Waals surface area contributed by atoms with Crippen LogP contribution in [0, 0.1) is 11.8 Å². The summed E-state index contributed by atoms with van der Waals surface area (Å²) < 4.78 is 0. The Labute approximate surface area is 151 Å². The third kappa shape index (κ3) is 8.66. The fraction of sp³-hybridized carbons (Fsp3) is 0.750. The van der Waals surface area contributed by atoms with Gasteiger partial charge in [-0.2, -0.15) is 0 Å². The molecule has 0 radical (unpaired) electrons. The number of aliphatic carboxylic acids is 1. The van der Waals surface area contributed by atoms with Crippen molar-refractivity contribution < 1.29 is 25.2 Å². The van der Waals surface area contributed by atoms with Gasteiger partial charge in [0.15, 0.2) is 0 Å². The maximum absolute atomic E-state index is 10.5. The molecule has 0 amide bonds. The highest BCUT2D eigenvalue weighted by Crippen LogP contribution is 2.36. The molecule has 0 heterocycles. The zero-order chi connectivity index (χ0) is 18.7. The van der Waals surface area contributed by atoms with Crippen molar-refractivity contribution in [2.45, 2.75) is 83.0 Å². The zero-order valence-corrected chi connectivity index (χ0v) is 15.3. The fourth-order valence-electron chi connectivity index (χ4n) is 3.41. The van der Waals surface area contributed by atoms with E-state index in [9.17, 15) is 20.1 Å². The van der Waals surface area contributed by atoms with E-state index in [1.165, 1.54) is 0 Å². The zero-order valence-electron chi connectivity index (χ0n) is 15.3. The molecule has 0 aromatic rings. The lowest BCUT2D eigenvalue weighted by molar-refractivity contribution is -0.137. The van der Waals surface area contributed by atoms with Crippen LogP contribution in [0.15, 0.2) is 24.3 Å². The number of aliphatic hydroxyl groups is 3. The largest absolute Gasteiger partial charge is 0.481 e. The van der Waals surface area contributed by atoms with E-state index in [0.29, 0.717) is 25.7 Å². The smallest absolute Gasteiger partial charge is 0.303 e. The molecule has 25 heavy (non-hydrogen) atoms. The van der Waals surface area contributed by atoms with Crippen LogP contribution in [0.25, 0.3) is 0 Å². The van der Waals surface area contributed by atoms with E-state index in [4.69, 9.17) is 5.11 Å². The lowest BCUT2D eigenvalue weighted by atomic mass is 9.89. The van der Waals surface area contributed by atoms with Gasteiger partial charge in [-0.1, -0.05) is 50.5 Å². The van der Waals surface area contributed by atoms with Crippen LogP contribution in [0.5, 0.6) is 0 Å². The van der Waals surface area contributed by atoms with Crippen LogP contribution in [-0.4, -0.2) is 44.7 Å². The van der Waals surface area contributed by atoms with Crippen LogP contribution in [-0.2, 0) is 4.79 Å². The Bertz CT molecular complexity index is 432. The second-order valence-corrected chi connectivity index (χ2v) is 7.05. The molecule has 144 valence electrons. The van der Waals surface area contributed by atoms with Crippen LogP contribution in [0.1, 0.15) is 64.7 Å². The van der Waals surface area contributed by atoms with Gasteiger partial charge in [0.2, 0.25) is 0 Å². The molecule has 1 aliphatic rings. The number of hydrogen-bond donors (Lipinski definition) is 4. The van der Waals surface area contributed by atoms with Crippen LogP contribution in [0.4, 0.5) is 0 Å². The molecule has 0 aromatic heterocycles. The van der Waals surface area contributed by atoms with E-state index in [2.05, 4.69) is 6.92 Å². The molecule has 5 unspecified atom stereocenters. The maximum atomic E-state index is 10.5. The maximum Gasteiger partial charge on any atom is 0.303 e. The van der Waals surface area contributed by atoms with Crippen LogP contribution in [0.2, 0.25) is 0 Å². The molecule has 4 N–H and O–H groups in total. The summed E-state index contributed by atoms with van der Waals surface area (Å²) in [6.45, 7) is 2.12. The second-order valence-electron chi connectivity index (χ2n) is 7.05. The monoisotopic (exact) mass is 354 g/mol. The summed E-state index contributed by atoms with van der Waals surface area (Å²) in [6.07, 6.45) is 12.3. The van der Waals surface area contributed by atoms with Gasteiger partial charge in [0, 0.05) is 18.8 Å². The molecule has 1 fully saturated rings. The molecule has 1 aliphatic carbocycles. The Morgan fingerprint density at radius 3 is 2.60 bits per heavy atom. The summed E-state index contributed by atoms with van der Waals surface area (Å²) in [6, 6.07) is 0. The van der Waals surface area contributed by atoms with E-state index in [-0.39, 0.29) is 18.3 Å². The highest BCUT2D eigenvalue weighted by Gasteiger charge is 2.39. The van der Waals surface area contributed by atoms with Crippen molar-refractivity contribution in [3.05, 3.63) is 24.3 Å². The summed E-state index contributed by atoms with van der Waals surface area (Å²) in [7, 11) is 0. The van der Waals surface area contributed by atoms with Crippen LogP contribution in [0.3, 0.4) is 0 Å². The van der Waals surface area contributed by atoms with E-state index >= 15 is 0 Å². The Balaban J connectivity index is 2.46. The molecule has 0 spiro atoms. The first-order valence-corrected chi connectivity index (χ1v) is 9.55. The number of unbranched alkanes of at least 4 members (excludes halogenated alkanes) is 3. The van der Waals surface area contributed by atoms with Gasteiger partial charge in [0.25, 0.3) is 0 Å². The lowest BCUT2D eigenvalue weighted by Crippen LogP contribution is -2.20. The van der Waals surface area contributed by atoms with E-state index < -0.39 is 24.3 Å². The number of hydrogen-bond acceptors (Lipinski definition) is 4. The van der Waals surface area contributed by atoms with Crippen molar-refractivity contribution >= 4 is 5.97 Å². The molecule has 0 saturated heterocycles. The minimum Gasteiger partial charge on any atom is -0.481 e. The molecule has 1 saturated carbocycles. The summed E-state index contributed by atoms with van der Waals surface area (Å²) in [5, 5.41) is 39.0. The Kier molecular flexibility index (Phi) is 10.7. The van der Waals surface area contributed by atoms with Crippen molar-refractivity contribution in [2.75, 3.05) is 0 Å². The number of carboxylic acids is 1. The minimum atomic E-state index is -0.787. The highest BCUT2D eigenvalue weighted by atomic mass is 16.4. The quantitative estimate of drug-likeness (QED) is 0.319. The molecule has 0 aromatic carbocycles.